The third kappa shape index (κ3) is 24.7. The predicted octanol–water partition coefficient (Wildman–Crippen LogP) is 6.26. The highest BCUT2D eigenvalue weighted by atomic mass is 16.1. The highest BCUT2D eigenvalue weighted by Crippen LogP contribution is 2.08. The molecule has 0 fully saturated rings. The molecule has 0 unspecified atom stereocenters. The zero-order valence-electron chi connectivity index (χ0n) is 15.0. The van der Waals surface area contributed by atoms with E-state index in [4.69, 9.17) is 0 Å². The minimum Gasteiger partial charge on any atom is -0.300 e. The van der Waals surface area contributed by atoms with Crippen LogP contribution < -0.4 is 0 Å². The van der Waals surface area contributed by atoms with Crippen molar-refractivity contribution in [1.29, 1.82) is 0 Å². The molecule has 0 amide bonds. The molecule has 0 bridgehead atoms. The Morgan fingerprint density at radius 3 is 1.52 bits per heavy atom. The van der Waals surface area contributed by atoms with Crippen LogP contribution in [0, 0.1) is 0 Å². The Morgan fingerprint density at radius 1 is 0.619 bits per heavy atom. The lowest BCUT2D eigenvalue weighted by Gasteiger charge is -1.98. The topological polar surface area (TPSA) is 34.1 Å². The SMILES string of the molecule is CCCCCC(=O)CC.CCCCCCCCCC(C)=O. The first-order chi connectivity index (χ1) is 10.1. The van der Waals surface area contributed by atoms with E-state index < -0.39 is 0 Å². The van der Waals surface area contributed by atoms with Gasteiger partial charge in [-0.25, -0.2) is 0 Å². The molecule has 0 aliphatic carbocycles. The monoisotopic (exact) mass is 298 g/mol. The van der Waals surface area contributed by atoms with E-state index in [1.807, 2.05) is 6.92 Å². The first kappa shape index (κ1) is 22.6. The molecule has 0 saturated carbocycles. The average molecular weight is 299 g/mol. The molecule has 0 N–H and O–H groups in total. The Labute approximate surface area is 133 Å². The zero-order chi connectivity index (χ0) is 16.3. The summed E-state index contributed by atoms with van der Waals surface area (Å²) in [5.41, 5.74) is 0. The van der Waals surface area contributed by atoms with Crippen LogP contribution in [-0.2, 0) is 9.59 Å². The molecule has 2 nitrogen and oxygen atoms in total. The molecule has 0 saturated heterocycles. The molecule has 2 heteroatoms. The van der Waals surface area contributed by atoms with Gasteiger partial charge in [0.15, 0.2) is 0 Å². The lowest BCUT2D eigenvalue weighted by atomic mass is 10.1. The van der Waals surface area contributed by atoms with E-state index in [0.717, 1.165) is 25.7 Å². The van der Waals surface area contributed by atoms with E-state index >= 15 is 0 Å². The van der Waals surface area contributed by atoms with Gasteiger partial charge in [-0.2, -0.15) is 0 Å². The van der Waals surface area contributed by atoms with Gasteiger partial charge in [-0.3, -0.25) is 4.79 Å². The van der Waals surface area contributed by atoms with Crippen molar-refractivity contribution in [2.24, 2.45) is 0 Å². The fraction of sp³-hybridized carbons (Fsp3) is 0.895. The van der Waals surface area contributed by atoms with E-state index in [2.05, 4.69) is 13.8 Å². The molecule has 0 atom stereocenters. The zero-order valence-corrected chi connectivity index (χ0v) is 15.0. The van der Waals surface area contributed by atoms with Crippen LogP contribution in [0.4, 0.5) is 0 Å². The number of rotatable bonds is 13. The summed E-state index contributed by atoms with van der Waals surface area (Å²) in [7, 11) is 0. The minimum absolute atomic E-state index is 0.337. The van der Waals surface area contributed by atoms with E-state index in [-0.39, 0.29) is 0 Å². The summed E-state index contributed by atoms with van der Waals surface area (Å²) in [5, 5.41) is 0. The predicted molar refractivity (Wildman–Crippen MR) is 92.7 cm³/mol. The van der Waals surface area contributed by atoms with Gasteiger partial charge in [0.2, 0.25) is 0 Å². The smallest absolute Gasteiger partial charge is 0.132 e. The number of hydrogen-bond acceptors (Lipinski definition) is 2. The quantitative estimate of drug-likeness (QED) is 0.376. The third-order valence-corrected chi connectivity index (χ3v) is 3.59. The molecule has 0 spiro atoms. The van der Waals surface area contributed by atoms with E-state index in [0.29, 0.717) is 18.0 Å². The molecule has 0 radical (unpaired) electrons. The van der Waals surface area contributed by atoms with Gasteiger partial charge in [0.25, 0.3) is 0 Å². The maximum Gasteiger partial charge on any atom is 0.132 e. The van der Waals surface area contributed by atoms with Crippen LogP contribution in [0.1, 0.15) is 111 Å². The van der Waals surface area contributed by atoms with Crippen LogP contribution in [0.25, 0.3) is 0 Å². The fourth-order valence-electron chi connectivity index (χ4n) is 2.08. The second-order valence-electron chi connectivity index (χ2n) is 5.92. The molecule has 126 valence electrons. The van der Waals surface area contributed by atoms with E-state index in [9.17, 15) is 9.59 Å². The largest absolute Gasteiger partial charge is 0.300 e. The Hall–Kier alpha value is -0.660. The first-order valence-electron chi connectivity index (χ1n) is 9.09. The molecule has 0 heterocycles. The number of carbonyl (C=O) groups is 2. The van der Waals surface area contributed by atoms with Gasteiger partial charge in [-0.05, 0) is 19.8 Å². The summed E-state index contributed by atoms with van der Waals surface area (Å²) in [6, 6.07) is 0. The van der Waals surface area contributed by atoms with Gasteiger partial charge in [0, 0.05) is 19.3 Å². The average Bonchev–Trinajstić information content (AvgIpc) is 2.47. The summed E-state index contributed by atoms with van der Waals surface area (Å²) >= 11 is 0. The Balaban J connectivity index is 0. The third-order valence-electron chi connectivity index (χ3n) is 3.59. The summed E-state index contributed by atoms with van der Waals surface area (Å²) in [5.74, 6) is 0.743. The van der Waals surface area contributed by atoms with Gasteiger partial charge < -0.3 is 4.79 Å². The molecule has 0 aliphatic heterocycles. The minimum atomic E-state index is 0.337. The lowest BCUT2D eigenvalue weighted by Crippen LogP contribution is -1.93. The van der Waals surface area contributed by atoms with Crippen molar-refractivity contribution in [2.45, 2.75) is 111 Å². The summed E-state index contributed by atoms with van der Waals surface area (Å²) in [4.78, 5) is 21.3. The summed E-state index contributed by atoms with van der Waals surface area (Å²) in [6.07, 6.45) is 14.8. The van der Waals surface area contributed by atoms with E-state index in [1.54, 1.807) is 6.92 Å². The van der Waals surface area contributed by atoms with Gasteiger partial charge in [0.05, 0.1) is 0 Å². The van der Waals surface area contributed by atoms with Crippen molar-refractivity contribution in [3.63, 3.8) is 0 Å². The molecular weight excluding hydrogens is 260 g/mol. The standard InChI is InChI=1S/C11H22O.C8H16O/c1-3-4-5-6-7-8-9-10-11(2)12;1-3-5-6-7-8(9)4-2/h3-10H2,1-2H3;3-7H2,1-2H3. The van der Waals surface area contributed by atoms with Gasteiger partial charge in [0.1, 0.15) is 11.6 Å². The van der Waals surface area contributed by atoms with Crippen LogP contribution in [0.5, 0.6) is 0 Å². The highest BCUT2D eigenvalue weighted by molar-refractivity contribution is 5.77. The van der Waals surface area contributed by atoms with Gasteiger partial charge >= 0.3 is 0 Å². The van der Waals surface area contributed by atoms with Crippen molar-refractivity contribution < 1.29 is 9.59 Å². The number of carbonyl (C=O) groups excluding carboxylic acids is 2. The molecule has 0 aliphatic rings. The Bertz CT molecular complexity index is 234. The second-order valence-corrected chi connectivity index (χ2v) is 5.92. The van der Waals surface area contributed by atoms with Crippen LogP contribution in [0.3, 0.4) is 0 Å². The summed E-state index contributed by atoms with van der Waals surface area (Å²) in [6.45, 7) is 7.98. The number of hydrogen-bond donors (Lipinski definition) is 0. The molecule has 21 heavy (non-hydrogen) atoms. The fourth-order valence-corrected chi connectivity index (χ4v) is 2.08. The van der Waals surface area contributed by atoms with Crippen molar-refractivity contribution in [2.75, 3.05) is 0 Å². The van der Waals surface area contributed by atoms with Crippen LogP contribution >= 0.6 is 0 Å². The number of ketones is 2. The second kappa shape index (κ2) is 19.3. The molecule has 0 aromatic carbocycles. The van der Waals surface area contributed by atoms with Crippen molar-refractivity contribution in [3.8, 4) is 0 Å². The normalized spacial score (nSPS) is 9.90. The van der Waals surface area contributed by atoms with E-state index in [1.165, 1.54) is 51.4 Å². The lowest BCUT2D eigenvalue weighted by molar-refractivity contribution is -0.119. The molecular formula is C19H38O2. The number of Topliss-reactive ketones (excluding diaryl/α,β-unsaturated/α-hetero) is 2. The molecule has 0 aromatic heterocycles. The maximum absolute atomic E-state index is 10.7. The van der Waals surface area contributed by atoms with Crippen molar-refractivity contribution >= 4 is 11.6 Å². The van der Waals surface area contributed by atoms with Crippen LogP contribution in [0.2, 0.25) is 0 Å². The van der Waals surface area contributed by atoms with Gasteiger partial charge in [-0.15, -0.1) is 0 Å². The number of unbranched alkanes of at least 4 members (excludes halogenated alkanes) is 8. The Morgan fingerprint density at radius 2 is 1.05 bits per heavy atom. The maximum atomic E-state index is 10.7. The van der Waals surface area contributed by atoms with Crippen LogP contribution in [-0.4, -0.2) is 11.6 Å². The summed E-state index contributed by atoms with van der Waals surface area (Å²) < 4.78 is 0. The van der Waals surface area contributed by atoms with Crippen molar-refractivity contribution in [1.82, 2.24) is 0 Å². The van der Waals surface area contributed by atoms with Gasteiger partial charge in [-0.1, -0.05) is 72.1 Å². The molecule has 0 rings (SSSR count). The Kier molecular flexibility index (Phi) is 20.8. The van der Waals surface area contributed by atoms with Crippen molar-refractivity contribution in [3.05, 3.63) is 0 Å². The first-order valence-corrected chi connectivity index (χ1v) is 9.09. The molecule has 0 aromatic rings. The highest BCUT2D eigenvalue weighted by Gasteiger charge is 1.95. The van der Waals surface area contributed by atoms with Crippen LogP contribution in [0.15, 0.2) is 0 Å².